The number of hydrogen-bond donors (Lipinski definition) is 1. The smallest absolute Gasteiger partial charge is 0.207 e. The lowest BCUT2D eigenvalue weighted by molar-refractivity contribution is 0.546. The molecule has 0 radical (unpaired) electrons. The highest BCUT2D eigenvalue weighted by molar-refractivity contribution is 9.10. The molecule has 1 heterocycles. The Kier molecular flexibility index (Phi) is 4.34. The Balaban J connectivity index is 2.23. The molecule has 1 N–H and O–H groups in total. The molecule has 0 amide bonds. The van der Waals surface area contributed by atoms with E-state index >= 15 is 0 Å². The molecule has 19 heavy (non-hydrogen) atoms. The standard InChI is InChI=1S/C11H8BrF2NO2S2/c12-8-3-4-18-10(8)6-15-19(16,17)11-5-7(13)1-2-9(11)14/h1-5,15H,6H2. The molecular formula is C11H8BrF2NO2S2. The van der Waals surface area contributed by atoms with Crippen molar-refractivity contribution in [3.05, 3.63) is 50.6 Å². The number of sulfonamides is 1. The van der Waals surface area contributed by atoms with Crippen LogP contribution in [0.2, 0.25) is 0 Å². The number of rotatable bonds is 4. The van der Waals surface area contributed by atoms with Crippen molar-refractivity contribution in [3.63, 3.8) is 0 Å². The van der Waals surface area contributed by atoms with Gasteiger partial charge in [-0.2, -0.15) is 0 Å². The summed E-state index contributed by atoms with van der Waals surface area (Å²) in [4.78, 5) is 0.0561. The third-order valence-electron chi connectivity index (χ3n) is 2.30. The van der Waals surface area contributed by atoms with Crippen molar-refractivity contribution in [3.8, 4) is 0 Å². The molecule has 0 saturated carbocycles. The molecule has 0 aliphatic carbocycles. The Labute approximate surface area is 121 Å². The molecule has 0 unspecified atom stereocenters. The zero-order valence-electron chi connectivity index (χ0n) is 9.36. The van der Waals surface area contributed by atoms with E-state index in [0.29, 0.717) is 6.07 Å². The van der Waals surface area contributed by atoms with E-state index in [4.69, 9.17) is 0 Å². The van der Waals surface area contributed by atoms with Crippen molar-refractivity contribution in [2.45, 2.75) is 11.4 Å². The maximum absolute atomic E-state index is 13.4. The first-order valence-electron chi connectivity index (χ1n) is 5.07. The number of benzene rings is 1. The van der Waals surface area contributed by atoms with E-state index in [2.05, 4.69) is 20.7 Å². The average molecular weight is 368 g/mol. The van der Waals surface area contributed by atoms with Crippen molar-refractivity contribution in [1.29, 1.82) is 0 Å². The molecule has 8 heteroatoms. The molecule has 1 aromatic heterocycles. The Bertz CT molecular complexity index is 700. The summed E-state index contributed by atoms with van der Waals surface area (Å²) >= 11 is 4.61. The fourth-order valence-corrected chi connectivity index (χ4v) is 3.98. The molecule has 2 rings (SSSR count). The minimum absolute atomic E-state index is 0.0105. The van der Waals surface area contributed by atoms with Gasteiger partial charge in [-0.25, -0.2) is 21.9 Å². The summed E-state index contributed by atoms with van der Waals surface area (Å²) in [5.41, 5.74) is 0. The van der Waals surface area contributed by atoms with Crippen molar-refractivity contribution in [2.75, 3.05) is 0 Å². The molecule has 1 aromatic carbocycles. The Morgan fingerprint density at radius 3 is 2.63 bits per heavy atom. The van der Waals surface area contributed by atoms with Crippen molar-refractivity contribution in [1.82, 2.24) is 4.72 Å². The van der Waals surface area contributed by atoms with Gasteiger partial charge in [-0.1, -0.05) is 0 Å². The van der Waals surface area contributed by atoms with Crippen LogP contribution in [0.5, 0.6) is 0 Å². The number of nitrogens with one attached hydrogen (secondary N) is 1. The van der Waals surface area contributed by atoms with Gasteiger partial charge in [0.05, 0.1) is 0 Å². The maximum atomic E-state index is 13.4. The first-order chi connectivity index (χ1) is 8.90. The van der Waals surface area contributed by atoms with Gasteiger partial charge in [-0.05, 0) is 45.6 Å². The number of thiophene rings is 1. The normalized spacial score (nSPS) is 11.7. The second-order valence-corrected chi connectivity index (χ2v) is 7.18. The minimum atomic E-state index is -4.09. The SMILES string of the molecule is O=S(=O)(NCc1sccc1Br)c1cc(F)ccc1F. The van der Waals surface area contributed by atoms with Crippen LogP contribution in [0.4, 0.5) is 8.78 Å². The molecule has 2 aromatic rings. The van der Waals surface area contributed by atoms with Crippen LogP contribution in [0.25, 0.3) is 0 Å². The Morgan fingerprint density at radius 1 is 1.26 bits per heavy atom. The lowest BCUT2D eigenvalue weighted by atomic mass is 10.3. The summed E-state index contributed by atoms with van der Waals surface area (Å²) < 4.78 is 53.2. The predicted octanol–water partition coefficient (Wildman–Crippen LogP) is 3.27. The van der Waals surface area contributed by atoms with Crippen LogP contribution in [0.15, 0.2) is 39.0 Å². The largest absolute Gasteiger partial charge is 0.243 e. The van der Waals surface area contributed by atoms with E-state index in [1.54, 1.807) is 11.4 Å². The van der Waals surface area contributed by atoms with E-state index in [-0.39, 0.29) is 6.54 Å². The molecule has 0 bridgehead atoms. The van der Waals surface area contributed by atoms with Gasteiger partial charge in [0.2, 0.25) is 10.0 Å². The Hall–Kier alpha value is -0.830. The zero-order chi connectivity index (χ0) is 14.0. The average Bonchev–Trinajstić information content (AvgIpc) is 2.75. The van der Waals surface area contributed by atoms with Gasteiger partial charge < -0.3 is 0 Å². The van der Waals surface area contributed by atoms with Gasteiger partial charge in [0.15, 0.2) is 0 Å². The minimum Gasteiger partial charge on any atom is -0.207 e. The van der Waals surface area contributed by atoms with Gasteiger partial charge in [0.25, 0.3) is 0 Å². The van der Waals surface area contributed by atoms with Crippen molar-refractivity contribution >= 4 is 37.3 Å². The van der Waals surface area contributed by atoms with Gasteiger partial charge in [-0.15, -0.1) is 11.3 Å². The highest BCUT2D eigenvalue weighted by atomic mass is 79.9. The Morgan fingerprint density at radius 2 is 2.00 bits per heavy atom. The van der Waals surface area contributed by atoms with Gasteiger partial charge in [0.1, 0.15) is 16.5 Å². The lowest BCUT2D eigenvalue weighted by Crippen LogP contribution is -2.24. The highest BCUT2D eigenvalue weighted by Crippen LogP contribution is 2.23. The lowest BCUT2D eigenvalue weighted by Gasteiger charge is -2.07. The highest BCUT2D eigenvalue weighted by Gasteiger charge is 2.20. The molecule has 0 aliphatic rings. The predicted molar refractivity (Wildman–Crippen MR) is 72.4 cm³/mol. The van der Waals surface area contributed by atoms with Gasteiger partial charge in [-0.3, -0.25) is 0 Å². The van der Waals surface area contributed by atoms with E-state index in [0.717, 1.165) is 21.5 Å². The zero-order valence-corrected chi connectivity index (χ0v) is 12.6. The van der Waals surface area contributed by atoms with E-state index < -0.39 is 26.6 Å². The second-order valence-electron chi connectivity index (χ2n) is 3.59. The topological polar surface area (TPSA) is 46.2 Å². The summed E-state index contributed by atoms with van der Waals surface area (Å²) in [6.07, 6.45) is 0. The van der Waals surface area contributed by atoms with Crippen LogP contribution in [0.1, 0.15) is 4.88 Å². The molecule has 0 atom stereocenters. The fraction of sp³-hybridized carbons (Fsp3) is 0.0909. The van der Waals surface area contributed by atoms with Crippen LogP contribution in [0, 0.1) is 11.6 Å². The summed E-state index contributed by atoms with van der Waals surface area (Å²) in [6, 6.07) is 4.08. The third kappa shape index (κ3) is 3.38. The molecule has 0 spiro atoms. The number of halogens is 3. The molecular weight excluding hydrogens is 360 g/mol. The fourth-order valence-electron chi connectivity index (χ4n) is 1.37. The summed E-state index contributed by atoms with van der Waals surface area (Å²) in [7, 11) is -4.09. The van der Waals surface area contributed by atoms with Gasteiger partial charge >= 0.3 is 0 Å². The number of hydrogen-bond acceptors (Lipinski definition) is 3. The third-order valence-corrected chi connectivity index (χ3v) is 5.64. The monoisotopic (exact) mass is 367 g/mol. The van der Waals surface area contributed by atoms with Crippen molar-refractivity contribution in [2.24, 2.45) is 0 Å². The van der Waals surface area contributed by atoms with E-state index in [9.17, 15) is 17.2 Å². The molecule has 102 valence electrons. The molecule has 3 nitrogen and oxygen atoms in total. The van der Waals surface area contributed by atoms with Crippen molar-refractivity contribution < 1.29 is 17.2 Å². The molecule has 0 fully saturated rings. The first kappa shape index (κ1) is 14.6. The van der Waals surface area contributed by atoms with Gasteiger partial charge in [0, 0.05) is 15.9 Å². The summed E-state index contributed by atoms with van der Waals surface area (Å²) in [6.45, 7) is 0.0105. The quantitative estimate of drug-likeness (QED) is 0.901. The van der Waals surface area contributed by atoms with Crippen LogP contribution in [-0.4, -0.2) is 8.42 Å². The van der Waals surface area contributed by atoms with Crippen LogP contribution in [-0.2, 0) is 16.6 Å². The summed E-state index contributed by atoms with van der Waals surface area (Å²) in [5, 5.41) is 1.79. The summed E-state index contributed by atoms with van der Waals surface area (Å²) in [5.74, 6) is -1.79. The van der Waals surface area contributed by atoms with E-state index in [1.807, 2.05) is 0 Å². The van der Waals surface area contributed by atoms with Crippen LogP contribution < -0.4 is 4.72 Å². The molecule has 0 saturated heterocycles. The van der Waals surface area contributed by atoms with Crippen LogP contribution in [0.3, 0.4) is 0 Å². The second kappa shape index (κ2) is 5.66. The van der Waals surface area contributed by atoms with E-state index in [1.165, 1.54) is 11.3 Å². The first-order valence-corrected chi connectivity index (χ1v) is 8.22. The maximum Gasteiger partial charge on any atom is 0.243 e. The molecule has 0 aliphatic heterocycles. The van der Waals surface area contributed by atoms with Crippen LogP contribution >= 0.6 is 27.3 Å².